The third-order valence-corrected chi connectivity index (χ3v) is 4.61. The van der Waals surface area contributed by atoms with Gasteiger partial charge >= 0.3 is 5.97 Å². The second-order valence-corrected chi connectivity index (χ2v) is 7.46. The van der Waals surface area contributed by atoms with Crippen LogP contribution in [0.15, 0.2) is 4.99 Å². The van der Waals surface area contributed by atoms with Crippen LogP contribution in [0.1, 0.15) is 26.7 Å². The van der Waals surface area contributed by atoms with E-state index in [0.29, 0.717) is 0 Å². The van der Waals surface area contributed by atoms with Gasteiger partial charge in [-0.25, -0.2) is 4.79 Å². The Morgan fingerprint density at radius 1 is 0.938 bits per heavy atom. The van der Waals surface area contributed by atoms with E-state index in [1.165, 1.54) is 6.92 Å². The lowest BCUT2D eigenvalue weighted by Crippen LogP contribution is -2.61. The Morgan fingerprint density at radius 2 is 1.47 bits per heavy atom. The fraction of sp³-hybridized carbons (Fsp3) is 0.706. The van der Waals surface area contributed by atoms with E-state index >= 15 is 0 Å². The first-order valence-electron chi connectivity index (χ1n) is 9.73. The molecular weight excluding hydrogens is 446 g/mol. The molecule has 0 radical (unpaired) electrons. The molecule has 32 heavy (non-hydrogen) atoms. The summed E-state index contributed by atoms with van der Waals surface area (Å²) in [5, 5.41) is 35.3. The fourth-order valence-electron chi connectivity index (χ4n) is 2.42. The number of aliphatic hydroxyl groups excluding tert-OH is 2. The lowest BCUT2D eigenvalue weighted by atomic mass is 10.1. The monoisotopic (exact) mass is 479 g/mol. The summed E-state index contributed by atoms with van der Waals surface area (Å²) in [6.45, 7) is 2.52. The van der Waals surface area contributed by atoms with E-state index in [-0.39, 0.29) is 31.1 Å². The molecule has 3 amide bonds. The lowest BCUT2D eigenvalue weighted by Gasteiger charge is -2.27. The molecule has 0 aromatic heterocycles. The number of carbonyl (C=O) groups is 4. The van der Waals surface area contributed by atoms with Gasteiger partial charge in [-0.3, -0.25) is 19.4 Å². The number of aliphatic imine (C=N–C) groups is 1. The highest BCUT2D eigenvalue weighted by Gasteiger charge is 2.33. The second kappa shape index (κ2) is 14.4. The van der Waals surface area contributed by atoms with Gasteiger partial charge in [0.05, 0.1) is 18.2 Å². The van der Waals surface area contributed by atoms with E-state index in [1.807, 2.05) is 5.32 Å². The van der Waals surface area contributed by atoms with Crippen LogP contribution >= 0.6 is 12.6 Å². The molecular formula is C17H33N7O7S. The highest BCUT2D eigenvalue weighted by molar-refractivity contribution is 7.80. The van der Waals surface area contributed by atoms with E-state index in [2.05, 4.69) is 28.3 Å². The topological polar surface area (TPSA) is 255 Å². The van der Waals surface area contributed by atoms with Crippen LogP contribution in [0.5, 0.6) is 0 Å². The minimum absolute atomic E-state index is 0.0167. The summed E-state index contributed by atoms with van der Waals surface area (Å²) < 4.78 is 0. The summed E-state index contributed by atoms with van der Waals surface area (Å²) in [6, 6.07) is -5.39. The van der Waals surface area contributed by atoms with E-state index in [9.17, 15) is 29.4 Å². The number of hydrogen-bond acceptors (Lipinski definition) is 9. The molecule has 0 aromatic carbocycles. The molecule has 0 aliphatic rings. The molecule has 0 fully saturated rings. The molecule has 0 saturated carbocycles. The van der Waals surface area contributed by atoms with Gasteiger partial charge < -0.3 is 48.5 Å². The predicted octanol–water partition coefficient (Wildman–Crippen LogP) is -4.40. The normalized spacial score (nSPS) is 16.4. The quantitative estimate of drug-likeness (QED) is 0.0495. The van der Waals surface area contributed by atoms with Crippen molar-refractivity contribution >= 4 is 42.3 Å². The van der Waals surface area contributed by atoms with E-state index < -0.39 is 60.1 Å². The molecule has 0 aliphatic heterocycles. The van der Waals surface area contributed by atoms with Crippen LogP contribution in [-0.4, -0.2) is 93.6 Å². The van der Waals surface area contributed by atoms with Crippen molar-refractivity contribution in [1.29, 1.82) is 0 Å². The van der Waals surface area contributed by atoms with Crippen molar-refractivity contribution in [3.63, 3.8) is 0 Å². The third kappa shape index (κ3) is 10.6. The molecule has 12 N–H and O–H groups in total. The second-order valence-electron chi connectivity index (χ2n) is 7.09. The van der Waals surface area contributed by atoms with E-state index in [0.717, 1.165) is 6.92 Å². The summed E-state index contributed by atoms with van der Waals surface area (Å²) >= 11 is 3.92. The third-order valence-electron chi connectivity index (χ3n) is 4.22. The van der Waals surface area contributed by atoms with Crippen molar-refractivity contribution in [3.05, 3.63) is 0 Å². The maximum Gasteiger partial charge on any atom is 0.328 e. The van der Waals surface area contributed by atoms with Gasteiger partial charge in [0.2, 0.25) is 17.7 Å². The molecule has 0 bridgehead atoms. The van der Waals surface area contributed by atoms with Gasteiger partial charge in [0.25, 0.3) is 0 Å². The van der Waals surface area contributed by atoms with Crippen molar-refractivity contribution in [2.24, 2.45) is 22.2 Å². The Balaban J connectivity index is 5.44. The van der Waals surface area contributed by atoms with Crippen molar-refractivity contribution in [2.75, 3.05) is 12.3 Å². The molecule has 0 rings (SSSR count). The number of aliphatic carboxylic acids is 1. The van der Waals surface area contributed by atoms with Crippen LogP contribution in [0.25, 0.3) is 0 Å². The van der Waals surface area contributed by atoms with Gasteiger partial charge in [0.1, 0.15) is 12.1 Å². The maximum absolute atomic E-state index is 12.8. The number of nitrogens with zero attached hydrogens (tertiary/aromatic N) is 1. The first kappa shape index (κ1) is 29.4. The Morgan fingerprint density at radius 3 is 1.91 bits per heavy atom. The molecule has 184 valence electrons. The summed E-state index contributed by atoms with van der Waals surface area (Å²) in [6.07, 6.45) is -2.53. The average Bonchev–Trinajstić information content (AvgIpc) is 2.70. The number of carboxylic acids is 1. The zero-order valence-electron chi connectivity index (χ0n) is 17.9. The summed E-state index contributed by atoms with van der Waals surface area (Å²) in [7, 11) is 0. The first-order valence-corrected chi connectivity index (χ1v) is 10.4. The van der Waals surface area contributed by atoms with Crippen LogP contribution in [0.4, 0.5) is 0 Å². The first-order chi connectivity index (χ1) is 14.8. The smallest absolute Gasteiger partial charge is 0.328 e. The van der Waals surface area contributed by atoms with E-state index in [1.54, 1.807) is 0 Å². The summed E-state index contributed by atoms with van der Waals surface area (Å²) in [4.78, 5) is 52.3. The van der Waals surface area contributed by atoms with Gasteiger partial charge in [0, 0.05) is 12.3 Å². The number of rotatable bonds is 14. The number of carbonyl (C=O) groups excluding carboxylic acids is 3. The predicted molar refractivity (Wildman–Crippen MR) is 119 cm³/mol. The molecule has 6 atom stereocenters. The van der Waals surface area contributed by atoms with Crippen molar-refractivity contribution in [2.45, 2.75) is 63.1 Å². The molecule has 0 heterocycles. The SMILES string of the molecule is CC(O)C(NC(=O)C(NC(=O)C(CCCN=C(N)N)NC(=O)C(N)CS)C(C)O)C(=O)O. The Bertz CT molecular complexity index is 686. The van der Waals surface area contributed by atoms with Gasteiger partial charge in [-0.05, 0) is 26.7 Å². The number of hydrogen-bond donors (Lipinski definition) is 10. The maximum atomic E-state index is 12.8. The van der Waals surface area contributed by atoms with Crippen molar-refractivity contribution in [3.8, 4) is 0 Å². The van der Waals surface area contributed by atoms with Gasteiger partial charge in [-0.2, -0.15) is 12.6 Å². The van der Waals surface area contributed by atoms with Crippen molar-refractivity contribution < 1.29 is 34.5 Å². The number of aliphatic hydroxyl groups is 2. The number of nitrogens with one attached hydrogen (secondary N) is 3. The van der Waals surface area contributed by atoms with Gasteiger partial charge in [0.15, 0.2) is 12.0 Å². The molecule has 0 aliphatic carbocycles. The molecule has 6 unspecified atom stereocenters. The number of thiol groups is 1. The fourth-order valence-corrected chi connectivity index (χ4v) is 2.59. The van der Waals surface area contributed by atoms with Crippen LogP contribution in [0.3, 0.4) is 0 Å². The molecule has 0 aromatic rings. The lowest BCUT2D eigenvalue weighted by molar-refractivity contribution is -0.146. The summed E-state index contributed by atoms with van der Waals surface area (Å²) in [5.74, 6) is -4.18. The number of carboxylic acid groups (broad SMARTS) is 1. The van der Waals surface area contributed by atoms with Crippen LogP contribution < -0.4 is 33.2 Å². The van der Waals surface area contributed by atoms with Crippen LogP contribution in [-0.2, 0) is 19.2 Å². The Kier molecular flexibility index (Phi) is 13.3. The zero-order chi connectivity index (χ0) is 25.0. The molecule has 0 spiro atoms. The highest BCUT2D eigenvalue weighted by Crippen LogP contribution is 2.04. The number of guanidine groups is 1. The minimum Gasteiger partial charge on any atom is -0.480 e. The van der Waals surface area contributed by atoms with Crippen LogP contribution in [0.2, 0.25) is 0 Å². The van der Waals surface area contributed by atoms with E-state index in [4.69, 9.17) is 22.3 Å². The molecule has 15 heteroatoms. The van der Waals surface area contributed by atoms with Crippen LogP contribution in [0, 0.1) is 0 Å². The zero-order valence-corrected chi connectivity index (χ0v) is 18.8. The standard InChI is InChI=1S/C17H33N7O7S/c1-7(25)11(15(29)24-12(8(2)26)16(30)31)23-14(28)10(4-3-5-21-17(19)20)22-13(27)9(18)6-32/h7-12,25-26,32H,3-6,18H2,1-2H3,(H,22,27)(H,23,28)(H,24,29)(H,30,31)(H4,19,20,21). The number of amides is 3. The largest absolute Gasteiger partial charge is 0.480 e. The van der Waals surface area contributed by atoms with Crippen molar-refractivity contribution in [1.82, 2.24) is 16.0 Å². The highest BCUT2D eigenvalue weighted by atomic mass is 32.1. The molecule has 0 saturated heterocycles. The minimum atomic E-state index is -1.66. The Labute approximate surface area is 190 Å². The molecule has 14 nitrogen and oxygen atoms in total. The van der Waals surface area contributed by atoms with Gasteiger partial charge in [-0.1, -0.05) is 0 Å². The number of nitrogens with two attached hydrogens (primary N) is 3. The summed E-state index contributed by atoms with van der Waals surface area (Å²) in [5.41, 5.74) is 16.1. The Hall–Kier alpha value is -2.62. The van der Waals surface area contributed by atoms with Gasteiger partial charge in [-0.15, -0.1) is 0 Å². The average molecular weight is 480 g/mol.